The van der Waals surface area contributed by atoms with E-state index in [0.29, 0.717) is 6.42 Å². The number of nitrogens with two attached hydrogens (primary N) is 3. The maximum atomic E-state index is 9.40. The highest BCUT2D eigenvalue weighted by Gasteiger charge is 2.47. The maximum absolute atomic E-state index is 9.40. The van der Waals surface area contributed by atoms with Gasteiger partial charge in [0.05, 0.1) is 0 Å². The minimum Gasteiger partial charge on any atom is -0.372 e. The third-order valence-electron chi connectivity index (χ3n) is 2.22. The molecule has 0 aromatic carbocycles. The number of hydrogen-bond acceptors (Lipinski definition) is 5. The lowest BCUT2D eigenvalue weighted by atomic mass is 9.82. The molecule has 66 valence electrons. The molecule has 5 heteroatoms. The summed E-state index contributed by atoms with van der Waals surface area (Å²) in [4.78, 5) is 0. The lowest BCUT2D eigenvalue weighted by Gasteiger charge is -2.43. The van der Waals surface area contributed by atoms with Crippen molar-refractivity contribution in [1.82, 2.24) is 0 Å². The van der Waals surface area contributed by atoms with Crippen LogP contribution in [0.15, 0.2) is 0 Å². The molecule has 1 rings (SSSR count). The standard InChI is InChI=1S/C6H15N3O2/c7-4-1-2-5(8,10)6(9,11)3-4/h4,10-11H,1-3,7-9H2. The molecule has 5 nitrogen and oxygen atoms in total. The zero-order chi connectivity index (χ0) is 8.70. The summed E-state index contributed by atoms with van der Waals surface area (Å²) in [5.74, 6) is 0. The largest absolute Gasteiger partial charge is 0.372 e. The van der Waals surface area contributed by atoms with Gasteiger partial charge >= 0.3 is 0 Å². The van der Waals surface area contributed by atoms with Gasteiger partial charge in [0.15, 0.2) is 11.4 Å². The van der Waals surface area contributed by atoms with E-state index >= 15 is 0 Å². The van der Waals surface area contributed by atoms with Crippen molar-refractivity contribution in [2.75, 3.05) is 0 Å². The van der Waals surface area contributed by atoms with Crippen molar-refractivity contribution < 1.29 is 10.2 Å². The minimum atomic E-state index is -1.75. The average molecular weight is 161 g/mol. The summed E-state index contributed by atoms with van der Waals surface area (Å²) in [6.45, 7) is 0. The second kappa shape index (κ2) is 2.40. The second-order valence-corrected chi connectivity index (χ2v) is 3.35. The van der Waals surface area contributed by atoms with Crippen LogP contribution in [0.2, 0.25) is 0 Å². The van der Waals surface area contributed by atoms with Crippen molar-refractivity contribution in [3.05, 3.63) is 0 Å². The fourth-order valence-electron chi connectivity index (χ4n) is 1.30. The Hall–Kier alpha value is -0.200. The van der Waals surface area contributed by atoms with Crippen molar-refractivity contribution in [2.24, 2.45) is 17.2 Å². The summed E-state index contributed by atoms with van der Waals surface area (Å²) in [5.41, 5.74) is 12.8. The Balaban J connectivity index is 2.72. The Labute approximate surface area is 65.2 Å². The molecule has 8 N–H and O–H groups in total. The van der Waals surface area contributed by atoms with Crippen LogP contribution in [0, 0.1) is 0 Å². The number of aliphatic hydroxyl groups is 2. The predicted octanol–water partition coefficient (Wildman–Crippen LogP) is -2.21. The molecule has 0 saturated heterocycles. The van der Waals surface area contributed by atoms with Crippen molar-refractivity contribution in [2.45, 2.75) is 36.8 Å². The zero-order valence-corrected chi connectivity index (χ0v) is 6.33. The number of rotatable bonds is 0. The van der Waals surface area contributed by atoms with Crippen LogP contribution in [0.5, 0.6) is 0 Å². The molecule has 1 fully saturated rings. The summed E-state index contributed by atoms with van der Waals surface area (Å²) in [5, 5.41) is 18.8. The predicted molar refractivity (Wildman–Crippen MR) is 40.1 cm³/mol. The van der Waals surface area contributed by atoms with Crippen LogP contribution in [0.4, 0.5) is 0 Å². The molecule has 3 unspecified atom stereocenters. The minimum absolute atomic E-state index is 0.139. The van der Waals surface area contributed by atoms with Crippen molar-refractivity contribution in [1.29, 1.82) is 0 Å². The van der Waals surface area contributed by atoms with Crippen LogP contribution in [-0.4, -0.2) is 27.7 Å². The van der Waals surface area contributed by atoms with Crippen LogP contribution in [0.3, 0.4) is 0 Å². The molecule has 11 heavy (non-hydrogen) atoms. The van der Waals surface area contributed by atoms with E-state index in [0.717, 1.165) is 0 Å². The van der Waals surface area contributed by atoms with E-state index in [2.05, 4.69) is 0 Å². The third kappa shape index (κ3) is 1.52. The van der Waals surface area contributed by atoms with E-state index in [9.17, 15) is 10.2 Å². The van der Waals surface area contributed by atoms with Crippen LogP contribution in [0.25, 0.3) is 0 Å². The third-order valence-corrected chi connectivity index (χ3v) is 2.22. The molecule has 1 aliphatic carbocycles. The van der Waals surface area contributed by atoms with E-state index in [1.165, 1.54) is 0 Å². The molecule has 0 aromatic rings. The topological polar surface area (TPSA) is 119 Å². The lowest BCUT2D eigenvalue weighted by Crippen LogP contribution is -2.70. The Bertz CT molecular complexity index is 158. The molecule has 0 radical (unpaired) electrons. The van der Waals surface area contributed by atoms with Gasteiger partial charge in [-0.3, -0.25) is 0 Å². The first-order valence-electron chi connectivity index (χ1n) is 3.63. The van der Waals surface area contributed by atoms with E-state index in [4.69, 9.17) is 17.2 Å². The summed E-state index contributed by atoms with van der Waals surface area (Å²) in [7, 11) is 0. The van der Waals surface area contributed by atoms with Gasteiger partial charge in [-0.2, -0.15) is 0 Å². The summed E-state index contributed by atoms with van der Waals surface area (Å²) in [6.07, 6.45) is 0.966. The molecule has 0 heterocycles. The van der Waals surface area contributed by atoms with Crippen LogP contribution >= 0.6 is 0 Å². The van der Waals surface area contributed by atoms with Gasteiger partial charge in [0.2, 0.25) is 0 Å². The van der Waals surface area contributed by atoms with Crippen molar-refractivity contribution in [3.8, 4) is 0 Å². The Morgan fingerprint density at radius 2 is 1.73 bits per heavy atom. The maximum Gasteiger partial charge on any atom is 0.157 e. The van der Waals surface area contributed by atoms with Crippen LogP contribution < -0.4 is 17.2 Å². The summed E-state index contributed by atoms with van der Waals surface area (Å²) in [6, 6.07) is -0.172. The normalized spacial score (nSPS) is 52.6. The molecule has 3 atom stereocenters. The molecule has 0 amide bonds. The van der Waals surface area contributed by atoms with E-state index in [1.807, 2.05) is 0 Å². The van der Waals surface area contributed by atoms with Gasteiger partial charge in [-0.1, -0.05) is 0 Å². The van der Waals surface area contributed by atoms with E-state index in [-0.39, 0.29) is 18.9 Å². The summed E-state index contributed by atoms with van der Waals surface area (Å²) < 4.78 is 0. The SMILES string of the molecule is NC1CCC(N)(O)C(N)(O)C1. The van der Waals surface area contributed by atoms with Gasteiger partial charge in [0, 0.05) is 12.5 Å². The van der Waals surface area contributed by atoms with Crippen molar-refractivity contribution in [3.63, 3.8) is 0 Å². The molecule has 0 spiro atoms. The first-order valence-corrected chi connectivity index (χ1v) is 3.63. The Morgan fingerprint density at radius 1 is 1.18 bits per heavy atom. The smallest absolute Gasteiger partial charge is 0.157 e. The Kier molecular flexibility index (Phi) is 1.94. The first kappa shape index (κ1) is 8.89. The molecular formula is C6H15N3O2. The van der Waals surface area contributed by atoms with E-state index < -0.39 is 11.4 Å². The molecule has 0 aliphatic heterocycles. The molecule has 1 saturated carbocycles. The second-order valence-electron chi connectivity index (χ2n) is 3.35. The van der Waals surface area contributed by atoms with E-state index in [1.54, 1.807) is 0 Å². The fraction of sp³-hybridized carbons (Fsp3) is 1.00. The van der Waals surface area contributed by atoms with Crippen LogP contribution in [-0.2, 0) is 0 Å². The van der Waals surface area contributed by atoms with Gasteiger partial charge in [0.1, 0.15) is 0 Å². The first-order chi connectivity index (χ1) is 4.85. The quantitative estimate of drug-likeness (QED) is 0.258. The van der Waals surface area contributed by atoms with Gasteiger partial charge in [-0.15, -0.1) is 0 Å². The van der Waals surface area contributed by atoms with Gasteiger partial charge in [0.25, 0.3) is 0 Å². The molecule has 0 aromatic heterocycles. The van der Waals surface area contributed by atoms with Crippen LogP contribution in [0.1, 0.15) is 19.3 Å². The molecule has 0 bridgehead atoms. The molecular weight excluding hydrogens is 146 g/mol. The average Bonchev–Trinajstić information content (AvgIpc) is 1.80. The highest BCUT2D eigenvalue weighted by molar-refractivity contribution is 4.98. The highest BCUT2D eigenvalue weighted by Crippen LogP contribution is 2.28. The zero-order valence-electron chi connectivity index (χ0n) is 6.33. The van der Waals surface area contributed by atoms with Gasteiger partial charge in [-0.05, 0) is 12.8 Å². The fourth-order valence-corrected chi connectivity index (χ4v) is 1.30. The monoisotopic (exact) mass is 161 g/mol. The molecule has 1 aliphatic rings. The van der Waals surface area contributed by atoms with Crippen molar-refractivity contribution >= 4 is 0 Å². The number of hydrogen-bond donors (Lipinski definition) is 5. The van der Waals surface area contributed by atoms with Gasteiger partial charge in [-0.25, -0.2) is 0 Å². The summed E-state index contributed by atoms with van der Waals surface area (Å²) >= 11 is 0. The highest BCUT2D eigenvalue weighted by atomic mass is 16.4. The Morgan fingerprint density at radius 3 is 2.09 bits per heavy atom. The lowest BCUT2D eigenvalue weighted by molar-refractivity contribution is -0.172. The van der Waals surface area contributed by atoms with Gasteiger partial charge < -0.3 is 27.4 Å².